The molecule has 0 amide bonds. The molecule has 64 valence electrons. The van der Waals surface area contributed by atoms with Crippen LogP contribution in [0.25, 0.3) is 0 Å². The monoisotopic (exact) mass is 156 g/mol. The summed E-state index contributed by atoms with van der Waals surface area (Å²) in [6, 6.07) is 0. The quantitative estimate of drug-likeness (QED) is 0.589. The Morgan fingerprint density at radius 3 is 2.55 bits per heavy atom. The lowest BCUT2D eigenvalue weighted by molar-refractivity contribution is 0.0243. The number of hydrogen-bond donors (Lipinski definition) is 2. The van der Waals surface area contributed by atoms with Gasteiger partial charge in [-0.15, -0.1) is 0 Å². The second-order valence-electron chi connectivity index (χ2n) is 4.35. The van der Waals surface area contributed by atoms with Crippen LogP contribution < -0.4 is 0 Å². The normalized spacial score (nSPS) is 55.4. The molecule has 0 aliphatic heterocycles. The number of rotatable bonds is 1. The molecule has 0 aromatic rings. The van der Waals surface area contributed by atoms with E-state index in [0.29, 0.717) is 11.8 Å². The van der Waals surface area contributed by atoms with E-state index in [9.17, 15) is 5.11 Å². The molecule has 2 aliphatic carbocycles. The lowest BCUT2D eigenvalue weighted by Crippen LogP contribution is -2.31. The molecule has 11 heavy (non-hydrogen) atoms. The molecule has 4 atom stereocenters. The van der Waals surface area contributed by atoms with Crippen molar-refractivity contribution in [3.05, 3.63) is 0 Å². The molecule has 2 bridgehead atoms. The minimum atomic E-state index is -0.154. The van der Waals surface area contributed by atoms with Crippen molar-refractivity contribution in [3.8, 4) is 0 Å². The summed E-state index contributed by atoms with van der Waals surface area (Å²) in [4.78, 5) is 0. The Bertz CT molecular complexity index is 169. The molecule has 2 aliphatic rings. The van der Waals surface area contributed by atoms with Gasteiger partial charge in [0.05, 0.1) is 6.10 Å². The summed E-state index contributed by atoms with van der Waals surface area (Å²) in [7, 11) is 0. The van der Waals surface area contributed by atoms with Crippen LogP contribution in [0.1, 0.15) is 26.2 Å². The maximum absolute atomic E-state index is 9.67. The molecule has 2 heteroatoms. The Morgan fingerprint density at radius 2 is 2.27 bits per heavy atom. The first-order valence-electron chi connectivity index (χ1n) is 4.47. The highest BCUT2D eigenvalue weighted by Gasteiger charge is 2.55. The predicted molar refractivity (Wildman–Crippen MR) is 42.0 cm³/mol. The topological polar surface area (TPSA) is 40.5 Å². The summed E-state index contributed by atoms with van der Waals surface area (Å²) >= 11 is 0. The van der Waals surface area contributed by atoms with E-state index in [1.54, 1.807) is 0 Å². The molecule has 0 unspecified atom stereocenters. The first kappa shape index (κ1) is 7.56. The Labute approximate surface area is 67.2 Å². The first-order valence-corrected chi connectivity index (χ1v) is 4.47. The molecule has 0 spiro atoms. The second-order valence-corrected chi connectivity index (χ2v) is 4.35. The van der Waals surface area contributed by atoms with E-state index < -0.39 is 0 Å². The highest BCUT2D eigenvalue weighted by molar-refractivity contribution is 5.04. The number of hydrogen-bond acceptors (Lipinski definition) is 2. The van der Waals surface area contributed by atoms with Gasteiger partial charge in [0.2, 0.25) is 0 Å². The van der Waals surface area contributed by atoms with Gasteiger partial charge in [0.25, 0.3) is 0 Å². The lowest BCUT2D eigenvalue weighted by Gasteiger charge is -2.29. The van der Waals surface area contributed by atoms with Crippen LogP contribution in [0.2, 0.25) is 0 Å². The molecule has 2 rings (SSSR count). The van der Waals surface area contributed by atoms with Gasteiger partial charge < -0.3 is 10.2 Å². The maximum atomic E-state index is 9.67. The standard InChI is InChI=1S/C9H16O2/c1-9-3-2-6(4-8(9)11)7(9)5-10/h6-8,10-11H,2-5H2,1H3/t6-,7-,8-,9-/m0/s1. The zero-order valence-electron chi connectivity index (χ0n) is 6.95. The summed E-state index contributed by atoms with van der Waals surface area (Å²) < 4.78 is 0. The Hall–Kier alpha value is -0.0800. The minimum Gasteiger partial charge on any atom is -0.396 e. The average Bonchev–Trinajstić information content (AvgIpc) is 2.38. The van der Waals surface area contributed by atoms with Crippen molar-refractivity contribution in [1.29, 1.82) is 0 Å². The van der Waals surface area contributed by atoms with Gasteiger partial charge >= 0.3 is 0 Å². The van der Waals surface area contributed by atoms with Gasteiger partial charge in [0.15, 0.2) is 0 Å². The SMILES string of the molecule is C[C@@]12CC[C@@H](C[C@@H]1O)[C@@H]2CO. The van der Waals surface area contributed by atoms with E-state index in [-0.39, 0.29) is 18.1 Å². The molecule has 0 aromatic heterocycles. The highest BCUT2D eigenvalue weighted by Crippen LogP contribution is 2.57. The molecule has 0 radical (unpaired) electrons. The highest BCUT2D eigenvalue weighted by atomic mass is 16.3. The fraction of sp³-hybridized carbons (Fsp3) is 1.00. The van der Waals surface area contributed by atoms with Crippen LogP contribution in [0.3, 0.4) is 0 Å². The second kappa shape index (κ2) is 2.20. The third kappa shape index (κ3) is 0.798. The van der Waals surface area contributed by atoms with Crippen LogP contribution in [0.15, 0.2) is 0 Å². The molecule has 2 nitrogen and oxygen atoms in total. The van der Waals surface area contributed by atoms with Crippen molar-refractivity contribution in [2.45, 2.75) is 32.3 Å². The molecule has 0 saturated heterocycles. The van der Waals surface area contributed by atoms with Gasteiger partial charge in [-0.1, -0.05) is 6.92 Å². The zero-order chi connectivity index (χ0) is 8.06. The smallest absolute Gasteiger partial charge is 0.0600 e. The maximum Gasteiger partial charge on any atom is 0.0600 e. The molecular weight excluding hydrogens is 140 g/mol. The fourth-order valence-electron chi connectivity index (χ4n) is 3.03. The van der Waals surface area contributed by atoms with Gasteiger partial charge in [0.1, 0.15) is 0 Å². The van der Waals surface area contributed by atoms with Crippen LogP contribution in [-0.4, -0.2) is 22.9 Å². The number of aliphatic hydroxyl groups excluding tert-OH is 2. The minimum absolute atomic E-state index is 0.0411. The van der Waals surface area contributed by atoms with Crippen LogP contribution in [0.5, 0.6) is 0 Å². The van der Waals surface area contributed by atoms with E-state index in [2.05, 4.69) is 6.92 Å². The van der Waals surface area contributed by atoms with Crippen molar-refractivity contribution in [1.82, 2.24) is 0 Å². The van der Waals surface area contributed by atoms with Gasteiger partial charge in [-0.2, -0.15) is 0 Å². The van der Waals surface area contributed by atoms with Crippen molar-refractivity contribution in [3.63, 3.8) is 0 Å². The zero-order valence-corrected chi connectivity index (χ0v) is 6.95. The van der Waals surface area contributed by atoms with Gasteiger partial charge in [0, 0.05) is 6.61 Å². The first-order chi connectivity index (χ1) is 5.18. The summed E-state index contributed by atoms with van der Waals surface area (Å²) in [5.74, 6) is 0.970. The summed E-state index contributed by atoms with van der Waals surface area (Å²) in [5, 5.41) is 18.8. The average molecular weight is 156 g/mol. The molecule has 2 saturated carbocycles. The van der Waals surface area contributed by atoms with Gasteiger partial charge in [-0.05, 0) is 36.5 Å². The van der Waals surface area contributed by atoms with Gasteiger partial charge in [-0.3, -0.25) is 0 Å². The number of aliphatic hydroxyl groups is 2. The summed E-state index contributed by atoms with van der Waals surface area (Å²) in [6.07, 6.45) is 3.07. The van der Waals surface area contributed by atoms with E-state index in [0.717, 1.165) is 12.8 Å². The Kier molecular flexibility index (Phi) is 1.52. The molecule has 0 aromatic carbocycles. The molecular formula is C9H16O2. The molecule has 2 fully saturated rings. The summed E-state index contributed by atoms with van der Waals surface area (Å²) in [6.45, 7) is 2.38. The van der Waals surface area contributed by atoms with Crippen molar-refractivity contribution in [2.75, 3.05) is 6.61 Å². The van der Waals surface area contributed by atoms with Crippen LogP contribution in [-0.2, 0) is 0 Å². The van der Waals surface area contributed by atoms with Crippen LogP contribution in [0, 0.1) is 17.3 Å². The Morgan fingerprint density at radius 1 is 1.55 bits per heavy atom. The lowest BCUT2D eigenvalue weighted by atomic mass is 9.79. The molecule has 0 heterocycles. The number of fused-ring (bicyclic) bond motifs is 2. The van der Waals surface area contributed by atoms with Crippen molar-refractivity contribution < 1.29 is 10.2 Å². The van der Waals surface area contributed by atoms with Crippen LogP contribution in [0.4, 0.5) is 0 Å². The largest absolute Gasteiger partial charge is 0.396 e. The predicted octanol–water partition coefficient (Wildman–Crippen LogP) is 0.776. The fourth-order valence-corrected chi connectivity index (χ4v) is 3.03. The van der Waals surface area contributed by atoms with Crippen molar-refractivity contribution in [2.24, 2.45) is 17.3 Å². The third-order valence-electron chi connectivity index (χ3n) is 3.95. The third-order valence-corrected chi connectivity index (χ3v) is 3.95. The van der Waals surface area contributed by atoms with E-state index in [1.807, 2.05) is 0 Å². The summed E-state index contributed by atoms with van der Waals surface area (Å²) in [5.41, 5.74) is 0.0411. The van der Waals surface area contributed by atoms with E-state index in [1.165, 1.54) is 6.42 Å². The molecule has 2 N–H and O–H groups in total. The van der Waals surface area contributed by atoms with E-state index in [4.69, 9.17) is 5.11 Å². The van der Waals surface area contributed by atoms with Crippen molar-refractivity contribution >= 4 is 0 Å². The Balaban J connectivity index is 2.24. The van der Waals surface area contributed by atoms with E-state index >= 15 is 0 Å². The van der Waals surface area contributed by atoms with Gasteiger partial charge in [-0.25, -0.2) is 0 Å². The van der Waals surface area contributed by atoms with Crippen LogP contribution >= 0.6 is 0 Å².